The Bertz CT molecular complexity index is 584. The minimum absolute atomic E-state index is 0.591. The normalized spacial score (nSPS) is 10.6. The van der Waals surface area contributed by atoms with Crippen molar-refractivity contribution in [3.63, 3.8) is 0 Å². The Kier molecular flexibility index (Phi) is 5.16. The number of halogens is 2. The fourth-order valence-corrected chi connectivity index (χ4v) is 2.55. The van der Waals surface area contributed by atoms with Gasteiger partial charge in [0, 0.05) is 24.5 Å². The molecule has 0 aromatic heterocycles. The summed E-state index contributed by atoms with van der Waals surface area (Å²) in [6.07, 6.45) is 1.05. The summed E-state index contributed by atoms with van der Waals surface area (Å²) in [7, 11) is 0. The molecule has 0 aliphatic carbocycles. The van der Waals surface area contributed by atoms with E-state index in [-0.39, 0.29) is 0 Å². The molecule has 0 saturated carbocycles. The summed E-state index contributed by atoms with van der Waals surface area (Å²) in [6, 6.07) is 13.6. The van der Waals surface area contributed by atoms with Crippen LogP contribution < -0.4 is 10.6 Å². The number of hydrogen-bond donors (Lipinski definition) is 1. The van der Waals surface area contributed by atoms with E-state index in [0.717, 1.165) is 36.4 Å². The fourth-order valence-electron chi connectivity index (χ4n) is 2.17. The number of nitrogens with two attached hydrogens (primary N) is 1. The van der Waals surface area contributed by atoms with Gasteiger partial charge in [0.05, 0.1) is 10.0 Å². The highest BCUT2D eigenvalue weighted by Gasteiger charge is 2.11. The molecule has 20 heavy (non-hydrogen) atoms. The summed E-state index contributed by atoms with van der Waals surface area (Å²) in [5.74, 6) is 0. The summed E-state index contributed by atoms with van der Waals surface area (Å²) in [6.45, 7) is 3.81. The van der Waals surface area contributed by atoms with Gasteiger partial charge in [0.15, 0.2) is 0 Å². The second kappa shape index (κ2) is 6.87. The number of nitrogens with zero attached hydrogens (tertiary/aromatic N) is 1. The Morgan fingerprint density at radius 3 is 2.55 bits per heavy atom. The highest BCUT2D eigenvalue weighted by molar-refractivity contribution is 6.42. The van der Waals surface area contributed by atoms with E-state index in [4.69, 9.17) is 28.9 Å². The van der Waals surface area contributed by atoms with E-state index in [1.807, 2.05) is 30.3 Å². The molecule has 2 rings (SSSR count). The van der Waals surface area contributed by atoms with Gasteiger partial charge in [-0.25, -0.2) is 0 Å². The average Bonchev–Trinajstić information content (AvgIpc) is 2.43. The SMILES string of the molecule is CCCN(Cc1cccc(Cl)c1Cl)c1cccc(N)c1. The van der Waals surface area contributed by atoms with Crippen LogP contribution in [0, 0.1) is 0 Å². The van der Waals surface area contributed by atoms with Crippen molar-refractivity contribution in [1.29, 1.82) is 0 Å². The van der Waals surface area contributed by atoms with Crippen molar-refractivity contribution in [1.82, 2.24) is 0 Å². The first-order chi connectivity index (χ1) is 9.61. The van der Waals surface area contributed by atoms with E-state index in [1.54, 1.807) is 6.07 Å². The zero-order valence-corrected chi connectivity index (χ0v) is 13.0. The summed E-state index contributed by atoms with van der Waals surface area (Å²) in [4.78, 5) is 2.26. The Balaban J connectivity index is 2.28. The van der Waals surface area contributed by atoms with Gasteiger partial charge in [0.1, 0.15) is 0 Å². The van der Waals surface area contributed by atoms with Crippen LogP contribution in [0.5, 0.6) is 0 Å². The van der Waals surface area contributed by atoms with Crippen molar-refractivity contribution in [2.75, 3.05) is 17.2 Å². The Morgan fingerprint density at radius 1 is 1.10 bits per heavy atom. The highest BCUT2D eigenvalue weighted by atomic mass is 35.5. The van der Waals surface area contributed by atoms with Crippen molar-refractivity contribution in [3.8, 4) is 0 Å². The Hall–Kier alpha value is -1.38. The third-order valence-electron chi connectivity index (χ3n) is 3.12. The maximum Gasteiger partial charge on any atom is 0.0642 e. The summed E-state index contributed by atoms with van der Waals surface area (Å²) >= 11 is 12.3. The van der Waals surface area contributed by atoms with Gasteiger partial charge in [0.2, 0.25) is 0 Å². The molecule has 0 amide bonds. The summed E-state index contributed by atoms with van der Waals surface area (Å²) in [5.41, 5.74) is 8.75. The number of nitrogen functional groups attached to an aromatic ring is 1. The first-order valence-corrected chi connectivity index (χ1v) is 7.40. The largest absolute Gasteiger partial charge is 0.399 e. The van der Waals surface area contributed by atoms with Crippen molar-refractivity contribution < 1.29 is 0 Å². The van der Waals surface area contributed by atoms with Crippen molar-refractivity contribution in [3.05, 3.63) is 58.1 Å². The van der Waals surface area contributed by atoms with Gasteiger partial charge >= 0.3 is 0 Å². The Morgan fingerprint density at radius 2 is 1.85 bits per heavy atom. The lowest BCUT2D eigenvalue weighted by atomic mass is 10.1. The van der Waals surface area contributed by atoms with E-state index in [9.17, 15) is 0 Å². The van der Waals surface area contributed by atoms with Crippen molar-refractivity contribution >= 4 is 34.6 Å². The van der Waals surface area contributed by atoms with E-state index in [0.29, 0.717) is 10.0 Å². The second-order valence-corrected chi connectivity index (χ2v) is 5.51. The molecule has 2 aromatic carbocycles. The zero-order chi connectivity index (χ0) is 14.5. The molecule has 0 fully saturated rings. The molecular formula is C16H18Cl2N2. The molecule has 2 nitrogen and oxygen atoms in total. The van der Waals surface area contributed by atoms with Gasteiger partial charge in [-0.1, -0.05) is 48.3 Å². The fraction of sp³-hybridized carbons (Fsp3) is 0.250. The van der Waals surface area contributed by atoms with Crippen LogP contribution in [0.15, 0.2) is 42.5 Å². The lowest BCUT2D eigenvalue weighted by molar-refractivity contribution is 0.768. The highest BCUT2D eigenvalue weighted by Crippen LogP contribution is 2.28. The summed E-state index contributed by atoms with van der Waals surface area (Å²) < 4.78 is 0. The van der Waals surface area contributed by atoms with E-state index in [2.05, 4.69) is 17.9 Å². The molecular weight excluding hydrogens is 291 g/mol. The predicted molar refractivity (Wildman–Crippen MR) is 88.7 cm³/mol. The van der Waals surface area contributed by atoms with E-state index >= 15 is 0 Å². The van der Waals surface area contributed by atoms with Crippen LogP contribution >= 0.6 is 23.2 Å². The smallest absolute Gasteiger partial charge is 0.0642 e. The molecule has 0 spiro atoms. The second-order valence-electron chi connectivity index (χ2n) is 4.73. The Labute approximate surface area is 130 Å². The maximum atomic E-state index is 6.27. The number of anilines is 2. The van der Waals surface area contributed by atoms with Crippen LogP contribution in [0.25, 0.3) is 0 Å². The van der Waals surface area contributed by atoms with Crippen LogP contribution in [0.4, 0.5) is 11.4 Å². The molecule has 0 heterocycles. The van der Waals surface area contributed by atoms with Gasteiger partial charge < -0.3 is 10.6 Å². The lowest BCUT2D eigenvalue weighted by Crippen LogP contribution is -2.23. The molecule has 2 aromatic rings. The minimum Gasteiger partial charge on any atom is -0.399 e. The van der Waals surface area contributed by atoms with Gasteiger partial charge in [0.25, 0.3) is 0 Å². The molecule has 0 atom stereocenters. The number of hydrogen-bond acceptors (Lipinski definition) is 2. The van der Waals surface area contributed by atoms with Crippen LogP contribution in [-0.2, 0) is 6.54 Å². The maximum absolute atomic E-state index is 6.27. The molecule has 0 unspecified atom stereocenters. The zero-order valence-electron chi connectivity index (χ0n) is 11.4. The van der Waals surface area contributed by atoms with E-state index in [1.165, 1.54) is 0 Å². The molecule has 0 aliphatic heterocycles. The van der Waals surface area contributed by atoms with Crippen molar-refractivity contribution in [2.24, 2.45) is 0 Å². The lowest BCUT2D eigenvalue weighted by Gasteiger charge is -2.25. The van der Waals surface area contributed by atoms with Crippen LogP contribution in [0.3, 0.4) is 0 Å². The average molecular weight is 309 g/mol. The van der Waals surface area contributed by atoms with Gasteiger partial charge in [-0.05, 0) is 36.2 Å². The first kappa shape index (κ1) is 15.0. The molecule has 0 aliphatic rings. The molecule has 0 bridgehead atoms. The summed E-state index contributed by atoms with van der Waals surface area (Å²) in [5, 5.41) is 1.22. The standard InChI is InChI=1S/C16H18Cl2N2/c1-2-9-20(14-7-4-6-13(19)10-14)11-12-5-3-8-15(17)16(12)18/h3-8,10H,2,9,11,19H2,1H3. The number of benzene rings is 2. The first-order valence-electron chi connectivity index (χ1n) is 6.65. The molecule has 106 valence electrons. The minimum atomic E-state index is 0.591. The van der Waals surface area contributed by atoms with Crippen molar-refractivity contribution in [2.45, 2.75) is 19.9 Å². The molecule has 0 saturated heterocycles. The van der Waals surface area contributed by atoms with E-state index < -0.39 is 0 Å². The van der Waals surface area contributed by atoms with Gasteiger partial charge in [-0.2, -0.15) is 0 Å². The third-order valence-corrected chi connectivity index (χ3v) is 3.98. The van der Waals surface area contributed by atoms with Crippen LogP contribution in [0.2, 0.25) is 10.0 Å². The molecule has 2 N–H and O–H groups in total. The monoisotopic (exact) mass is 308 g/mol. The topological polar surface area (TPSA) is 29.3 Å². The third kappa shape index (κ3) is 3.59. The molecule has 4 heteroatoms. The van der Waals surface area contributed by atoms with Gasteiger partial charge in [-0.15, -0.1) is 0 Å². The van der Waals surface area contributed by atoms with Gasteiger partial charge in [-0.3, -0.25) is 0 Å². The predicted octanol–water partition coefficient (Wildman–Crippen LogP) is 4.99. The molecule has 0 radical (unpaired) electrons. The number of rotatable bonds is 5. The van der Waals surface area contributed by atoms with Crippen LogP contribution in [0.1, 0.15) is 18.9 Å². The quantitative estimate of drug-likeness (QED) is 0.788. The van der Waals surface area contributed by atoms with Crippen LogP contribution in [-0.4, -0.2) is 6.54 Å².